The lowest BCUT2D eigenvalue weighted by molar-refractivity contribution is -0.120. The minimum absolute atomic E-state index is 0.00741. The number of imidazole rings is 1. The molecule has 132 valence electrons. The highest BCUT2D eigenvalue weighted by atomic mass is 32.2. The van der Waals surface area contributed by atoms with E-state index in [-0.39, 0.29) is 18.4 Å². The van der Waals surface area contributed by atoms with Crippen LogP contribution in [0.2, 0.25) is 0 Å². The number of amides is 1. The second kappa shape index (κ2) is 7.20. The van der Waals surface area contributed by atoms with Gasteiger partial charge in [-0.2, -0.15) is 4.31 Å². The van der Waals surface area contributed by atoms with Crippen molar-refractivity contribution in [1.82, 2.24) is 19.0 Å². The molecule has 1 atom stereocenters. The van der Waals surface area contributed by atoms with Crippen LogP contribution in [0.4, 0.5) is 0 Å². The molecule has 24 heavy (non-hydrogen) atoms. The SMILES string of the molecule is CS(=O)(=O)N1CCCC[C@@H]1CCNC(=O)Cc1cn2ccsc2n1. The molecule has 0 bridgehead atoms. The summed E-state index contributed by atoms with van der Waals surface area (Å²) in [7, 11) is -3.17. The zero-order valence-corrected chi connectivity index (χ0v) is 15.3. The average Bonchev–Trinajstić information content (AvgIpc) is 3.08. The molecular weight excluding hydrogens is 348 g/mol. The first-order valence-corrected chi connectivity index (χ1v) is 10.8. The third-order valence-electron chi connectivity index (χ3n) is 4.28. The Balaban J connectivity index is 1.48. The summed E-state index contributed by atoms with van der Waals surface area (Å²) in [6.07, 6.45) is 8.74. The van der Waals surface area contributed by atoms with Crippen molar-refractivity contribution in [1.29, 1.82) is 0 Å². The molecule has 0 saturated carbocycles. The van der Waals surface area contributed by atoms with E-state index in [4.69, 9.17) is 0 Å². The van der Waals surface area contributed by atoms with Crippen molar-refractivity contribution in [3.8, 4) is 0 Å². The van der Waals surface area contributed by atoms with Gasteiger partial charge in [-0.15, -0.1) is 11.3 Å². The molecule has 3 heterocycles. The van der Waals surface area contributed by atoms with Crippen molar-refractivity contribution in [3.05, 3.63) is 23.5 Å². The molecule has 0 aromatic carbocycles. The van der Waals surface area contributed by atoms with Crippen LogP contribution < -0.4 is 5.32 Å². The first kappa shape index (κ1) is 17.4. The molecule has 1 saturated heterocycles. The molecule has 7 nitrogen and oxygen atoms in total. The van der Waals surface area contributed by atoms with Crippen LogP contribution in [0, 0.1) is 0 Å². The maximum absolute atomic E-state index is 12.0. The number of carbonyl (C=O) groups is 1. The lowest BCUT2D eigenvalue weighted by atomic mass is 10.0. The van der Waals surface area contributed by atoms with Crippen molar-refractivity contribution in [2.75, 3.05) is 19.3 Å². The van der Waals surface area contributed by atoms with Gasteiger partial charge in [-0.1, -0.05) is 6.42 Å². The molecule has 1 N–H and O–H groups in total. The summed E-state index contributed by atoms with van der Waals surface area (Å²) in [5, 5.41) is 4.83. The first-order chi connectivity index (χ1) is 11.4. The number of hydrogen-bond donors (Lipinski definition) is 1. The Bertz CT molecular complexity index is 783. The predicted molar refractivity (Wildman–Crippen MR) is 93.6 cm³/mol. The van der Waals surface area contributed by atoms with Crippen LogP contribution in [0.15, 0.2) is 17.8 Å². The second-order valence-corrected chi connectivity index (χ2v) is 8.97. The van der Waals surface area contributed by atoms with E-state index in [2.05, 4.69) is 10.3 Å². The van der Waals surface area contributed by atoms with E-state index < -0.39 is 10.0 Å². The Kier molecular flexibility index (Phi) is 5.21. The van der Waals surface area contributed by atoms with Gasteiger partial charge < -0.3 is 5.32 Å². The highest BCUT2D eigenvalue weighted by Crippen LogP contribution is 2.21. The Hall–Kier alpha value is -1.45. The molecule has 0 radical (unpaired) electrons. The van der Waals surface area contributed by atoms with E-state index in [9.17, 15) is 13.2 Å². The summed E-state index contributed by atoms with van der Waals surface area (Å²) in [4.78, 5) is 17.3. The highest BCUT2D eigenvalue weighted by molar-refractivity contribution is 7.88. The fourth-order valence-corrected chi connectivity index (χ4v) is 5.10. The summed E-state index contributed by atoms with van der Waals surface area (Å²) in [5.41, 5.74) is 0.745. The van der Waals surface area contributed by atoms with Gasteiger partial charge in [0.2, 0.25) is 15.9 Å². The number of fused-ring (bicyclic) bond motifs is 1. The normalized spacial score (nSPS) is 19.6. The van der Waals surface area contributed by atoms with E-state index in [1.54, 1.807) is 4.31 Å². The average molecular weight is 371 g/mol. The molecule has 2 aromatic heterocycles. The summed E-state index contributed by atoms with van der Waals surface area (Å²) >= 11 is 1.53. The number of aromatic nitrogens is 2. The summed E-state index contributed by atoms with van der Waals surface area (Å²) in [6.45, 7) is 1.07. The molecule has 0 aliphatic carbocycles. The molecule has 0 spiro atoms. The van der Waals surface area contributed by atoms with E-state index >= 15 is 0 Å². The maximum Gasteiger partial charge on any atom is 0.226 e. The Labute approximate surface area is 145 Å². The molecular formula is C15H22N4O3S2. The van der Waals surface area contributed by atoms with Crippen LogP contribution in [0.25, 0.3) is 4.96 Å². The number of nitrogens with zero attached hydrogens (tertiary/aromatic N) is 3. The smallest absolute Gasteiger partial charge is 0.226 e. The molecule has 2 aromatic rings. The lowest BCUT2D eigenvalue weighted by Gasteiger charge is -2.33. The number of thiazole rings is 1. The number of carbonyl (C=O) groups excluding carboxylic acids is 1. The van der Waals surface area contributed by atoms with Gasteiger partial charge in [0.05, 0.1) is 18.4 Å². The molecule has 1 amide bonds. The van der Waals surface area contributed by atoms with Crippen LogP contribution in [0.3, 0.4) is 0 Å². The number of nitrogens with one attached hydrogen (secondary N) is 1. The lowest BCUT2D eigenvalue weighted by Crippen LogP contribution is -2.44. The van der Waals surface area contributed by atoms with E-state index in [1.165, 1.54) is 17.6 Å². The van der Waals surface area contributed by atoms with Crippen LogP contribution in [-0.2, 0) is 21.2 Å². The minimum atomic E-state index is -3.17. The van der Waals surface area contributed by atoms with Gasteiger partial charge in [0, 0.05) is 36.9 Å². The van der Waals surface area contributed by atoms with Gasteiger partial charge >= 0.3 is 0 Å². The molecule has 1 fully saturated rings. The van der Waals surface area contributed by atoms with E-state index in [0.29, 0.717) is 19.5 Å². The Morgan fingerprint density at radius 3 is 3.04 bits per heavy atom. The van der Waals surface area contributed by atoms with E-state index in [1.807, 2.05) is 22.2 Å². The van der Waals surface area contributed by atoms with Gasteiger partial charge in [-0.25, -0.2) is 13.4 Å². The highest BCUT2D eigenvalue weighted by Gasteiger charge is 2.28. The van der Waals surface area contributed by atoms with Gasteiger partial charge in [-0.3, -0.25) is 9.20 Å². The number of sulfonamides is 1. The zero-order valence-electron chi connectivity index (χ0n) is 13.6. The second-order valence-electron chi connectivity index (χ2n) is 6.16. The molecule has 3 rings (SSSR count). The summed E-state index contributed by atoms with van der Waals surface area (Å²) in [6, 6.07) is -0.00741. The number of hydrogen-bond acceptors (Lipinski definition) is 5. The fourth-order valence-electron chi connectivity index (χ4n) is 3.17. The Morgan fingerprint density at radius 2 is 2.29 bits per heavy atom. The van der Waals surface area contributed by atoms with Gasteiger partial charge in [-0.05, 0) is 19.3 Å². The number of rotatable bonds is 6. The molecule has 0 unspecified atom stereocenters. The molecule has 1 aliphatic heterocycles. The van der Waals surface area contributed by atoms with Crippen molar-refractivity contribution in [3.63, 3.8) is 0 Å². The first-order valence-electron chi connectivity index (χ1n) is 8.08. The number of piperidine rings is 1. The standard InChI is InChI=1S/C15H22N4O3S2/c1-24(21,22)19-7-3-2-4-13(19)5-6-16-14(20)10-12-11-18-8-9-23-15(18)17-12/h8-9,11,13H,2-7,10H2,1H3,(H,16,20)/t13-/m1/s1. The zero-order chi connectivity index (χ0) is 17.2. The van der Waals surface area contributed by atoms with Gasteiger partial charge in [0.25, 0.3) is 0 Å². The topological polar surface area (TPSA) is 83.8 Å². The summed E-state index contributed by atoms with van der Waals surface area (Å²) < 4.78 is 27.1. The molecule has 9 heteroatoms. The monoisotopic (exact) mass is 370 g/mol. The molecule has 1 aliphatic rings. The van der Waals surface area contributed by atoms with Crippen LogP contribution >= 0.6 is 11.3 Å². The maximum atomic E-state index is 12.0. The predicted octanol–water partition coefficient (Wildman–Crippen LogP) is 1.26. The van der Waals surface area contributed by atoms with Crippen molar-refractivity contribution >= 4 is 32.2 Å². The van der Waals surface area contributed by atoms with Crippen LogP contribution in [0.1, 0.15) is 31.4 Å². The van der Waals surface area contributed by atoms with Gasteiger partial charge in [0.15, 0.2) is 4.96 Å². The Morgan fingerprint density at radius 1 is 1.46 bits per heavy atom. The van der Waals surface area contributed by atoms with Crippen molar-refractivity contribution in [2.45, 2.75) is 38.1 Å². The largest absolute Gasteiger partial charge is 0.356 e. The van der Waals surface area contributed by atoms with Crippen LogP contribution in [-0.4, -0.2) is 53.4 Å². The third kappa shape index (κ3) is 4.14. The quantitative estimate of drug-likeness (QED) is 0.830. The van der Waals surface area contributed by atoms with Crippen molar-refractivity contribution in [2.24, 2.45) is 0 Å². The van der Waals surface area contributed by atoms with E-state index in [0.717, 1.165) is 29.9 Å². The third-order valence-corrected chi connectivity index (χ3v) is 6.39. The fraction of sp³-hybridized carbons (Fsp3) is 0.600. The minimum Gasteiger partial charge on any atom is -0.356 e. The van der Waals surface area contributed by atoms with Crippen LogP contribution in [0.5, 0.6) is 0 Å². The van der Waals surface area contributed by atoms with Crippen molar-refractivity contribution < 1.29 is 13.2 Å². The summed E-state index contributed by atoms with van der Waals surface area (Å²) in [5.74, 6) is -0.0810. The van der Waals surface area contributed by atoms with Gasteiger partial charge in [0.1, 0.15) is 0 Å².